The maximum absolute atomic E-state index is 13.9. The molecule has 0 unspecified atom stereocenters. The smallest absolute Gasteiger partial charge is 0.223 e. The highest BCUT2D eigenvalue weighted by Crippen LogP contribution is 2.36. The monoisotopic (exact) mass is 416 g/mol. The second-order valence-electron chi connectivity index (χ2n) is 7.54. The lowest BCUT2D eigenvalue weighted by molar-refractivity contribution is -0.123. The van der Waals surface area contributed by atoms with Crippen molar-refractivity contribution in [2.75, 3.05) is 0 Å². The number of rotatable bonds is 6. The molecule has 0 saturated heterocycles. The van der Waals surface area contributed by atoms with E-state index in [-0.39, 0.29) is 36.0 Å². The molecule has 0 aliphatic heterocycles. The highest BCUT2D eigenvalue weighted by Gasteiger charge is 2.39. The maximum atomic E-state index is 13.9. The highest BCUT2D eigenvalue weighted by molar-refractivity contribution is 5.77. The standard InChI is InChI=1S/C21H22F2N4O3/c1-13-25-20(27-30-13)21(10-3-2-4-11-21)26-17(28)8-9-18-24-12-16(29-18)19-14(22)6-5-7-15(19)23/h5-7,12H,2-4,8-11H2,1H3,(H,26,28). The zero-order chi connectivity index (χ0) is 21.1. The Bertz CT molecular complexity index is 1020. The molecule has 2 aromatic heterocycles. The average molecular weight is 416 g/mol. The molecule has 7 nitrogen and oxygen atoms in total. The molecule has 0 radical (unpaired) electrons. The van der Waals surface area contributed by atoms with Gasteiger partial charge in [0.1, 0.15) is 17.2 Å². The van der Waals surface area contributed by atoms with E-state index in [1.54, 1.807) is 6.92 Å². The molecule has 4 rings (SSSR count). The molecular formula is C21H22F2N4O3. The number of carbonyl (C=O) groups excluding carboxylic acids is 1. The van der Waals surface area contributed by atoms with Gasteiger partial charge in [0, 0.05) is 19.8 Å². The predicted octanol–water partition coefficient (Wildman–Crippen LogP) is 4.22. The second kappa shape index (κ2) is 8.33. The van der Waals surface area contributed by atoms with Gasteiger partial charge in [0.15, 0.2) is 17.5 Å². The van der Waals surface area contributed by atoms with E-state index in [0.717, 1.165) is 44.2 Å². The van der Waals surface area contributed by atoms with Gasteiger partial charge in [0.25, 0.3) is 0 Å². The summed E-state index contributed by atoms with van der Waals surface area (Å²) in [7, 11) is 0. The number of nitrogens with one attached hydrogen (secondary N) is 1. The van der Waals surface area contributed by atoms with Gasteiger partial charge in [0.2, 0.25) is 11.8 Å². The van der Waals surface area contributed by atoms with Crippen LogP contribution >= 0.6 is 0 Å². The first-order chi connectivity index (χ1) is 14.5. The molecule has 1 aromatic carbocycles. The number of halogens is 2. The molecule has 158 valence electrons. The van der Waals surface area contributed by atoms with Gasteiger partial charge in [-0.2, -0.15) is 4.98 Å². The molecule has 3 aromatic rings. The molecule has 0 spiro atoms. The van der Waals surface area contributed by atoms with Gasteiger partial charge in [-0.15, -0.1) is 0 Å². The Labute approximate surface area is 171 Å². The van der Waals surface area contributed by atoms with E-state index in [4.69, 9.17) is 8.94 Å². The minimum atomic E-state index is -0.731. The van der Waals surface area contributed by atoms with Crippen LogP contribution in [-0.2, 0) is 16.8 Å². The summed E-state index contributed by atoms with van der Waals surface area (Å²) >= 11 is 0. The number of oxazole rings is 1. The fourth-order valence-electron chi connectivity index (χ4n) is 3.88. The van der Waals surface area contributed by atoms with Crippen LogP contribution in [0.3, 0.4) is 0 Å². The number of amides is 1. The lowest BCUT2D eigenvalue weighted by Gasteiger charge is -2.35. The van der Waals surface area contributed by atoms with E-state index in [2.05, 4.69) is 20.4 Å². The number of carbonyl (C=O) groups is 1. The van der Waals surface area contributed by atoms with Gasteiger partial charge >= 0.3 is 0 Å². The molecule has 1 N–H and O–H groups in total. The van der Waals surface area contributed by atoms with Crippen LogP contribution in [-0.4, -0.2) is 21.0 Å². The third-order valence-electron chi connectivity index (χ3n) is 5.37. The molecule has 1 amide bonds. The number of nitrogens with zero attached hydrogens (tertiary/aromatic N) is 3. The van der Waals surface area contributed by atoms with Crippen LogP contribution in [0.4, 0.5) is 8.78 Å². The normalized spacial score (nSPS) is 15.8. The van der Waals surface area contributed by atoms with Crippen LogP contribution in [0, 0.1) is 18.6 Å². The number of benzene rings is 1. The van der Waals surface area contributed by atoms with Crippen molar-refractivity contribution in [3.63, 3.8) is 0 Å². The zero-order valence-corrected chi connectivity index (χ0v) is 16.6. The molecule has 1 aliphatic carbocycles. The van der Waals surface area contributed by atoms with Crippen molar-refractivity contribution in [3.05, 3.63) is 53.6 Å². The van der Waals surface area contributed by atoms with E-state index in [0.29, 0.717) is 11.7 Å². The fourth-order valence-corrected chi connectivity index (χ4v) is 3.88. The summed E-state index contributed by atoms with van der Waals surface area (Å²) in [6, 6.07) is 3.58. The quantitative estimate of drug-likeness (QED) is 0.647. The highest BCUT2D eigenvalue weighted by atomic mass is 19.1. The fraction of sp³-hybridized carbons (Fsp3) is 0.429. The first kappa shape index (κ1) is 20.2. The molecule has 30 heavy (non-hydrogen) atoms. The SMILES string of the molecule is Cc1nc(C2(NC(=O)CCc3ncc(-c4c(F)cccc4F)o3)CCCCC2)no1. The molecule has 2 heterocycles. The summed E-state index contributed by atoms with van der Waals surface area (Å²) in [6.07, 6.45) is 6.08. The van der Waals surface area contributed by atoms with Gasteiger partial charge in [-0.1, -0.05) is 30.5 Å². The van der Waals surface area contributed by atoms with E-state index in [1.807, 2.05) is 0 Å². The Hall–Kier alpha value is -3.10. The summed E-state index contributed by atoms with van der Waals surface area (Å²) in [6.45, 7) is 1.72. The Kier molecular flexibility index (Phi) is 5.61. The minimum Gasteiger partial charge on any atom is -0.441 e. The van der Waals surface area contributed by atoms with Gasteiger partial charge in [0.05, 0.1) is 11.8 Å². The average Bonchev–Trinajstić information content (AvgIpc) is 3.37. The molecule has 1 fully saturated rings. The van der Waals surface area contributed by atoms with Crippen molar-refractivity contribution in [1.29, 1.82) is 0 Å². The number of aromatic nitrogens is 3. The van der Waals surface area contributed by atoms with Crippen molar-refractivity contribution in [3.8, 4) is 11.3 Å². The molecule has 0 bridgehead atoms. The number of hydrogen-bond donors (Lipinski definition) is 1. The largest absolute Gasteiger partial charge is 0.441 e. The van der Waals surface area contributed by atoms with Crippen LogP contribution in [0.25, 0.3) is 11.3 Å². The summed E-state index contributed by atoms with van der Waals surface area (Å²) in [4.78, 5) is 21.1. The van der Waals surface area contributed by atoms with Crippen molar-refractivity contribution in [2.45, 2.75) is 57.4 Å². The van der Waals surface area contributed by atoms with E-state index in [9.17, 15) is 13.6 Å². The first-order valence-corrected chi connectivity index (χ1v) is 9.98. The molecular weight excluding hydrogens is 394 g/mol. The Balaban J connectivity index is 1.43. The Morgan fingerprint density at radius 3 is 2.60 bits per heavy atom. The van der Waals surface area contributed by atoms with E-state index in [1.165, 1.54) is 12.3 Å². The van der Waals surface area contributed by atoms with Crippen molar-refractivity contribution >= 4 is 5.91 Å². The van der Waals surface area contributed by atoms with Crippen LogP contribution in [0.1, 0.15) is 56.1 Å². The maximum Gasteiger partial charge on any atom is 0.223 e. The van der Waals surface area contributed by atoms with Gasteiger partial charge in [-0.05, 0) is 25.0 Å². The number of aryl methyl sites for hydroxylation is 2. The Morgan fingerprint density at radius 1 is 1.20 bits per heavy atom. The minimum absolute atomic E-state index is 0.00738. The van der Waals surface area contributed by atoms with Gasteiger partial charge in [-0.3, -0.25) is 4.79 Å². The van der Waals surface area contributed by atoms with Crippen LogP contribution in [0.2, 0.25) is 0 Å². The van der Waals surface area contributed by atoms with Crippen LogP contribution in [0.5, 0.6) is 0 Å². The van der Waals surface area contributed by atoms with Gasteiger partial charge < -0.3 is 14.3 Å². The van der Waals surface area contributed by atoms with Crippen LogP contribution < -0.4 is 5.32 Å². The predicted molar refractivity (Wildman–Crippen MR) is 102 cm³/mol. The molecule has 1 aliphatic rings. The topological polar surface area (TPSA) is 94.1 Å². The van der Waals surface area contributed by atoms with Crippen molar-refractivity contribution in [2.24, 2.45) is 0 Å². The number of hydrogen-bond acceptors (Lipinski definition) is 6. The summed E-state index contributed by atoms with van der Waals surface area (Å²) in [5.74, 6) is -0.479. The Morgan fingerprint density at radius 2 is 1.93 bits per heavy atom. The van der Waals surface area contributed by atoms with Crippen LogP contribution in [0.15, 0.2) is 33.3 Å². The zero-order valence-electron chi connectivity index (χ0n) is 16.6. The van der Waals surface area contributed by atoms with Crippen molar-refractivity contribution < 1.29 is 22.5 Å². The summed E-state index contributed by atoms with van der Waals surface area (Å²) < 4.78 is 38.4. The lowest BCUT2D eigenvalue weighted by Crippen LogP contribution is -2.48. The lowest BCUT2D eigenvalue weighted by atomic mass is 9.81. The van der Waals surface area contributed by atoms with Crippen molar-refractivity contribution in [1.82, 2.24) is 20.4 Å². The van der Waals surface area contributed by atoms with E-state index >= 15 is 0 Å². The van der Waals surface area contributed by atoms with E-state index < -0.39 is 17.2 Å². The second-order valence-corrected chi connectivity index (χ2v) is 7.54. The molecule has 9 heteroatoms. The third-order valence-corrected chi connectivity index (χ3v) is 5.37. The van der Waals surface area contributed by atoms with Gasteiger partial charge in [-0.25, -0.2) is 13.8 Å². The third kappa shape index (κ3) is 4.10. The molecule has 1 saturated carbocycles. The molecule has 0 atom stereocenters. The summed E-state index contributed by atoms with van der Waals surface area (Å²) in [5.41, 5.74) is -0.903. The summed E-state index contributed by atoms with van der Waals surface area (Å²) in [5, 5.41) is 7.11. The first-order valence-electron chi connectivity index (χ1n) is 9.98.